The van der Waals surface area contributed by atoms with Crippen molar-refractivity contribution in [3.05, 3.63) is 168 Å². The van der Waals surface area contributed by atoms with E-state index in [0.717, 1.165) is 66.9 Å². The minimum atomic E-state index is -0.812. The summed E-state index contributed by atoms with van der Waals surface area (Å²) in [6.45, 7) is 19.4. The smallest absolute Gasteiger partial charge is 0.149 e. The van der Waals surface area contributed by atoms with Gasteiger partial charge in [-0.3, -0.25) is 9.55 Å². The molecule has 8 rings (SSSR count). The molecule has 0 saturated carbocycles. The number of aromatic hydroxyl groups is 1. The van der Waals surface area contributed by atoms with E-state index in [4.69, 9.17) is 11.3 Å². The standard InChI is InChI=1S/C54H53N3O/c1-34(2)38-23-26-48(46(32-38)37-21-24-42(25-22-37)53(4,5)6)57-49-15-12-14-44(51(49)56-52(57)45-13-10-11-16-50(45)58)40-29-41(31-43(30-40)54(7,8)9)47-33-39(27-28-55-47)36-19-17-35(3)18-20-36/h10-34,58H,1-9H3/i34D. The van der Waals surface area contributed by atoms with Gasteiger partial charge in [0.25, 0.3) is 0 Å². The zero-order chi connectivity index (χ0) is 41.9. The van der Waals surface area contributed by atoms with Crippen molar-refractivity contribution in [3.63, 3.8) is 0 Å². The van der Waals surface area contributed by atoms with E-state index in [9.17, 15) is 5.11 Å². The molecule has 0 aliphatic heterocycles. The Kier molecular flexibility index (Phi) is 9.60. The maximum absolute atomic E-state index is 11.4. The Morgan fingerprint density at radius 2 is 1.26 bits per heavy atom. The molecule has 0 amide bonds. The van der Waals surface area contributed by atoms with Gasteiger partial charge in [-0.1, -0.05) is 146 Å². The molecule has 2 heterocycles. The van der Waals surface area contributed by atoms with Gasteiger partial charge >= 0.3 is 0 Å². The largest absolute Gasteiger partial charge is 0.507 e. The molecule has 0 saturated heterocycles. The van der Waals surface area contributed by atoms with Gasteiger partial charge in [0.05, 0.1) is 28.0 Å². The topological polar surface area (TPSA) is 50.9 Å². The Morgan fingerprint density at radius 3 is 1.95 bits per heavy atom. The van der Waals surface area contributed by atoms with Crippen LogP contribution in [0.15, 0.2) is 146 Å². The van der Waals surface area contributed by atoms with Gasteiger partial charge in [0.15, 0.2) is 0 Å². The molecule has 1 N–H and O–H groups in total. The lowest BCUT2D eigenvalue weighted by Crippen LogP contribution is -2.11. The van der Waals surface area contributed by atoms with Gasteiger partial charge in [0, 0.05) is 24.3 Å². The third kappa shape index (κ3) is 7.47. The number of benzene rings is 6. The van der Waals surface area contributed by atoms with Gasteiger partial charge in [0.1, 0.15) is 11.6 Å². The predicted molar refractivity (Wildman–Crippen MR) is 244 cm³/mol. The fraction of sp³-hybridized carbons (Fsp3) is 0.222. The SMILES string of the molecule is [2H]C(C)(C)c1ccc(-n2c(-c3ccccc3O)nc3c(-c4cc(-c5cc(-c6ccc(C)cc6)ccn5)cc(C(C)(C)C)c4)cccc32)c(-c2ccc(C(C)(C)C)cc2)c1. The second kappa shape index (κ2) is 14.9. The maximum atomic E-state index is 11.4. The molecule has 8 aromatic rings. The van der Waals surface area contributed by atoms with Crippen LogP contribution in [0.2, 0.25) is 0 Å². The third-order valence-corrected chi connectivity index (χ3v) is 11.3. The lowest BCUT2D eigenvalue weighted by molar-refractivity contribution is 0.477. The second-order valence-corrected chi connectivity index (χ2v) is 17.9. The zero-order valence-corrected chi connectivity index (χ0v) is 35.1. The van der Waals surface area contributed by atoms with Gasteiger partial charge in [-0.15, -0.1) is 0 Å². The van der Waals surface area contributed by atoms with Crippen LogP contribution in [-0.4, -0.2) is 19.6 Å². The fourth-order valence-electron chi connectivity index (χ4n) is 7.72. The summed E-state index contributed by atoms with van der Waals surface area (Å²) in [6.07, 6.45) is 1.90. The number of phenols is 1. The van der Waals surface area contributed by atoms with Crippen LogP contribution in [0, 0.1) is 6.92 Å². The first kappa shape index (κ1) is 37.3. The lowest BCUT2D eigenvalue weighted by atomic mass is 9.83. The van der Waals surface area contributed by atoms with Gasteiger partial charge in [0.2, 0.25) is 0 Å². The summed E-state index contributed by atoms with van der Waals surface area (Å²) in [7, 11) is 0. The van der Waals surface area contributed by atoms with Crippen molar-refractivity contribution >= 4 is 11.0 Å². The predicted octanol–water partition coefficient (Wildman–Crippen LogP) is 14.5. The van der Waals surface area contributed by atoms with Crippen molar-refractivity contribution in [2.45, 2.75) is 79.0 Å². The molecule has 0 bridgehead atoms. The molecule has 0 fully saturated rings. The number of rotatable bonds is 7. The number of aryl methyl sites for hydroxylation is 1. The van der Waals surface area contributed by atoms with Crippen LogP contribution in [0.1, 0.15) is 84.9 Å². The molecule has 6 aromatic carbocycles. The molecular weight excluding hydrogens is 707 g/mol. The van der Waals surface area contributed by atoms with Crippen molar-refractivity contribution < 1.29 is 6.48 Å². The van der Waals surface area contributed by atoms with Gasteiger partial charge in [-0.25, -0.2) is 4.98 Å². The van der Waals surface area contributed by atoms with E-state index in [1.54, 1.807) is 6.07 Å². The Morgan fingerprint density at radius 1 is 0.586 bits per heavy atom. The molecule has 0 aliphatic rings. The van der Waals surface area contributed by atoms with Crippen molar-refractivity contribution in [2.24, 2.45) is 0 Å². The summed E-state index contributed by atoms with van der Waals surface area (Å²) < 4.78 is 11.2. The van der Waals surface area contributed by atoms with Crippen molar-refractivity contribution in [1.82, 2.24) is 14.5 Å². The number of hydrogen-bond donors (Lipinski definition) is 1. The molecule has 0 unspecified atom stereocenters. The molecule has 4 heteroatoms. The zero-order valence-electron chi connectivity index (χ0n) is 36.1. The van der Waals surface area contributed by atoms with Crippen LogP contribution >= 0.6 is 0 Å². The van der Waals surface area contributed by atoms with Crippen LogP contribution in [0.4, 0.5) is 0 Å². The number of imidazole rings is 1. The Bertz CT molecular complexity index is 2830. The molecule has 0 spiro atoms. The minimum absolute atomic E-state index is 0.00541. The molecule has 0 atom stereocenters. The first-order valence-corrected chi connectivity index (χ1v) is 20.2. The average molecular weight is 761 g/mol. The summed E-state index contributed by atoms with van der Waals surface area (Å²) >= 11 is 0. The summed E-state index contributed by atoms with van der Waals surface area (Å²) in [5.41, 5.74) is 16.0. The van der Waals surface area contributed by atoms with Gasteiger partial charge in [-0.2, -0.15) is 0 Å². The van der Waals surface area contributed by atoms with E-state index in [1.165, 1.54) is 16.7 Å². The molecular formula is C54H53N3O. The Hall–Kier alpha value is -6.26. The normalized spacial score (nSPS) is 12.5. The van der Waals surface area contributed by atoms with Crippen molar-refractivity contribution in [1.29, 1.82) is 0 Å². The Balaban J connectivity index is 1.38. The highest BCUT2D eigenvalue weighted by Crippen LogP contribution is 2.42. The monoisotopic (exact) mass is 760 g/mol. The van der Waals surface area contributed by atoms with Gasteiger partial charge < -0.3 is 5.11 Å². The number of hydrogen-bond acceptors (Lipinski definition) is 3. The molecule has 0 radical (unpaired) electrons. The fourth-order valence-corrected chi connectivity index (χ4v) is 7.72. The molecule has 58 heavy (non-hydrogen) atoms. The van der Waals surface area contributed by atoms with E-state index in [2.05, 4.69) is 168 Å². The number of para-hydroxylation sites is 2. The van der Waals surface area contributed by atoms with Gasteiger partial charge in [-0.05, 0) is 117 Å². The van der Waals surface area contributed by atoms with Crippen LogP contribution in [-0.2, 0) is 10.8 Å². The Labute approximate surface area is 345 Å². The third-order valence-electron chi connectivity index (χ3n) is 11.3. The van der Waals surface area contributed by atoms with Crippen LogP contribution in [0.25, 0.3) is 72.7 Å². The van der Waals surface area contributed by atoms with Crippen LogP contribution in [0.5, 0.6) is 5.75 Å². The summed E-state index contributed by atoms with van der Waals surface area (Å²) in [5.74, 6) is -0.0222. The minimum Gasteiger partial charge on any atom is -0.507 e. The maximum Gasteiger partial charge on any atom is 0.149 e. The lowest BCUT2D eigenvalue weighted by Gasteiger charge is -2.22. The van der Waals surface area contributed by atoms with E-state index in [0.29, 0.717) is 11.4 Å². The highest BCUT2D eigenvalue weighted by molar-refractivity contribution is 5.97. The average Bonchev–Trinajstić information content (AvgIpc) is 3.59. The quantitative estimate of drug-likeness (QED) is 0.176. The molecule has 2 aromatic heterocycles. The number of nitrogens with zero attached hydrogens (tertiary/aromatic N) is 3. The van der Waals surface area contributed by atoms with Crippen LogP contribution < -0.4 is 0 Å². The van der Waals surface area contributed by atoms with Crippen molar-refractivity contribution in [2.75, 3.05) is 0 Å². The number of phenolic OH excluding ortho intramolecular Hbond substituents is 1. The second-order valence-electron chi connectivity index (χ2n) is 17.9. The summed E-state index contributed by atoms with van der Waals surface area (Å²) in [4.78, 5) is 10.4. The first-order valence-electron chi connectivity index (χ1n) is 20.7. The van der Waals surface area contributed by atoms with Crippen molar-refractivity contribution in [3.8, 4) is 67.5 Å². The van der Waals surface area contributed by atoms with E-state index in [1.807, 2.05) is 38.2 Å². The molecule has 290 valence electrons. The summed E-state index contributed by atoms with van der Waals surface area (Å²) in [5, 5.41) is 11.4. The highest BCUT2D eigenvalue weighted by atomic mass is 16.3. The summed E-state index contributed by atoms with van der Waals surface area (Å²) in [6, 6.07) is 48.5. The molecule has 4 nitrogen and oxygen atoms in total. The molecule has 0 aliphatic carbocycles. The number of aromatic nitrogens is 3. The van der Waals surface area contributed by atoms with E-state index >= 15 is 0 Å². The van der Waals surface area contributed by atoms with Crippen LogP contribution in [0.3, 0.4) is 0 Å². The number of fused-ring (bicyclic) bond motifs is 1. The number of pyridine rings is 1. The van der Waals surface area contributed by atoms with E-state index < -0.39 is 5.89 Å². The first-order chi connectivity index (χ1) is 28.0. The highest BCUT2D eigenvalue weighted by Gasteiger charge is 2.24. The van der Waals surface area contributed by atoms with E-state index in [-0.39, 0.29) is 16.6 Å².